The predicted octanol–water partition coefficient (Wildman–Crippen LogP) is 4.22. The number of amides is 1. The molecule has 3 aromatic rings. The molecule has 4 fully saturated rings. The van der Waals surface area contributed by atoms with Gasteiger partial charge in [-0.2, -0.15) is 5.10 Å². The molecule has 0 saturated carbocycles. The highest BCUT2D eigenvalue weighted by atomic mass is 16.7. The van der Waals surface area contributed by atoms with Crippen LogP contribution in [0.4, 0.5) is 4.79 Å². The van der Waals surface area contributed by atoms with Crippen molar-refractivity contribution in [3.05, 3.63) is 83.2 Å². The van der Waals surface area contributed by atoms with Crippen molar-refractivity contribution in [3.8, 4) is 5.75 Å². The monoisotopic (exact) mass is 604 g/mol. The summed E-state index contributed by atoms with van der Waals surface area (Å²) in [5, 5.41) is 7.41. The second-order valence-corrected chi connectivity index (χ2v) is 11.5. The third-order valence-electron chi connectivity index (χ3n) is 8.52. The van der Waals surface area contributed by atoms with Crippen LogP contribution >= 0.6 is 0 Å². The van der Waals surface area contributed by atoms with Gasteiger partial charge < -0.3 is 29.0 Å². The average Bonchev–Trinajstić information content (AvgIpc) is 3.71. The van der Waals surface area contributed by atoms with E-state index in [9.17, 15) is 9.59 Å². The molecule has 0 spiro atoms. The van der Waals surface area contributed by atoms with Gasteiger partial charge in [-0.15, -0.1) is 0 Å². The zero-order chi connectivity index (χ0) is 30.3. The van der Waals surface area contributed by atoms with Crippen LogP contribution in [0.2, 0.25) is 0 Å². The van der Waals surface area contributed by atoms with Crippen molar-refractivity contribution in [2.75, 3.05) is 39.5 Å². The first-order valence-corrected chi connectivity index (χ1v) is 15.4. The van der Waals surface area contributed by atoms with Crippen LogP contribution in [-0.4, -0.2) is 78.6 Å². The molecule has 11 nitrogen and oxygen atoms in total. The van der Waals surface area contributed by atoms with Crippen LogP contribution < -0.4 is 10.1 Å². The maximum Gasteiger partial charge on any atom is 0.408 e. The molecule has 234 valence electrons. The molecule has 4 saturated heterocycles. The van der Waals surface area contributed by atoms with E-state index in [1.54, 1.807) is 17.8 Å². The van der Waals surface area contributed by atoms with Crippen molar-refractivity contribution in [1.29, 1.82) is 0 Å². The van der Waals surface area contributed by atoms with Gasteiger partial charge in [-0.1, -0.05) is 42.5 Å². The lowest BCUT2D eigenvalue weighted by Crippen LogP contribution is -2.52. The number of fused-ring (bicyclic) bond motifs is 3. The van der Waals surface area contributed by atoms with Crippen molar-refractivity contribution < 1.29 is 33.3 Å². The molecule has 1 amide bonds. The molecule has 4 aliphatic heterocycles. The molecule has 44 heavy (non-hydrogen) atoms. The summed E-state index contributed by atoms with van der Waals surface area (Å²) in [6.45, 7) is 4.64. The minimum absolute atomic E-state index is 0.0780. The largest absolute Gasteiger partial charge is 0.487 e. The second-order valence-electron chi connectivity index (χ2n) is 11.5. The maximum absolute atomic E-state index is 13.1. The summed E-state index contributed by atoms with van der Waals surface area (Å²) in [5.41, 5.74) is 2.74. The van der Waals surface area contributed by atoms with E-state index in [0.717, 1.165) is 43.6 Å². The Morgan fingerprint density at radius 2 is 1.80 bits per heavy atom. The number of rotatable bonds is 12. The van der Waals surface area contributed by atoms with Gasteiger partial charge in [0.15, 0.2) is 12.0 Å². The summed E-state index contributed by atoms with van der Waals surface area (Å²) in [6, 6.07) is 18.7. The Bertz CT molecular complexity index is 1400. The molecule has 2 bridgehead atoms. The van der Waals surface area contributed by atoms with Crippen LogP contribution in [0.1, 0.15) is 59.0 Å². The number of hydrogen-bond acceptors (Lipinski definition) is 9. The summed E-state index contributed by atoms with van der Waals surface area (Å²) in [4.78, 5) is 28.0. The summed E-state index contributed by atoms with van der Waals surface area (Å²) < 4.78 is 29.9. The van der Waals surface area contributed by atoms with Gasteiger partial charge in [-0.25, -0.2) is 9.59 Å². The molecule has 1 unspecified atom stereocenters. The summed E-state index contributed by atoms with van der Waals surface area (Å²) >= 11 is 0. The number of piperidine rings is 3. The highest BCUT2D eigenvalue weighted by molar-refractivity contribution is 5.87. The van der Waals surface area contributed by atoms with E-state index in [2.05, 4.69) is 15.3 Å². The van der Waals surface area contributed by atoms with E-state index >= 15 is 0 Å². The van der Waals surface area contributed by atoms with E-state index < -0.39 is 18.1 Å². The SMILES string of the molecule is Cn1nc(C(=O)OCCCC2OCCO2)cc1COc1cccc(C(NC(=O)O[C@H]2CN3CCC2CC3)c2ccccc2)c1. The molecule has 5 heterocycles. The fraction of sp³-hybridized carbons (Fsp3) is 0.485. The molecular weight excluding hydrogens is 564 g/mol. The van der Waals surface area contributed by atoms with E-state index in [-0.39, 0.29) is 31.3 Å². The highest BCUT2D eigenvalue weighted by Gasteiger charge is 2.37. The number of hydrogen-bond donors (Lipinski definition) is 1. The molecular formula is C33H40N4O7. The van der Waals surface area contributed by atoms with Crippen LogP contribution in [0.25, 0.3) is 0 Å². The number of nitrogens with one attached hydrogen (secondary N) is 1. The van der Waals surface area contributed by atoms with Gasteiger partial charge in [-0.3, -0.25) is 9.58 Å². The summed E-state index contributed by atoms with van der Waals surface area (Å²) in [5.74, 6) is 0.570. The molecule has 4 aliphatic rings. The minimum atomic E-state index is -0.482. The van der Waals surface area contributed by atoms with Gasteiger partial charge >= 0.3 is 12.1 Å². The highest BCUT2D eigenvalue weighted by Crippen LogP contribution is 2.31. The molecule has 0 radical (unpaired) electrons. The van der Waals surface area contributed by atoms with Gasteiger partial charge in [-0.05, 0) is 67.6 Å². The fourth-order valence-corrected chi connectivity index (χ4v) is 6.08. The Labute approximate surface area is 257 Å². The number of nitrogens with zero attached hydrogens (tertiary/aromatic N) is 3. The van der Waals surface area contributed by atoms with Crippen molar-refractivity contribution >= 4 is 12.1 Å². The number of benzene rings is 2. The average molecular weight is 605 g/mol. The van der Waals surface area contributed by atoms with Crippen molar-refractivity contribution in [2.45, 2.75) is 50.7 Å². The van der Waals surface area contributed by atoms with Gasteiger partial charge in [0, 0.05) is 20.0 Å². The minimum Gasteiger partial charge on any atom is -0.487 e. The Morgan fingerprint density at radius 3 is 2.55 bits per heavy atom. The lowest BCUT2D eigenvalue weighted by molar-refractivity contribution is -0.0505. The first-order chi connectivity index (χ1) is 21.5. The first-order valence-electron chi connectivity index (χ1n) is 15.4. The summed E-state index contributed by atoms with van der Waals surface area (Å²) in [7, 11) is 1.76. The number of carbonyl (C=O) groups excluding carboxylic acids is 2. The molecule has 2 atom stereocenters. The van der Waals surface area contributed by atoms with E-state index in [4.69, 9.17) is 23.7 Å². The Hall–Kier alpha value is -3.93. The fourth-order valence-electron chi connectivity index (χ4n) is 6.08. The third-order valence-corrected chi connectivity index (χ3v) is 8.52. The van der Waals surface area contributed by atoms with E-state index in [1.165, 1.54) is 0 Å². The van der Waals surface area contributed by atoms with Gasteiger partial charge in [0.2, 0.25) is 0 Å². The summed E-state index contributed by atoms with van der Waals surface area (Å²) in [6.07, 6.45) is 2.76. The second kappa shape index (κ2) is 14.2. The number of esters is 1. The van der Waals surface area contributed by atoms with Crippen LogP contribution in [0.15, 0.2) is 60.7 Å². The molecule has 2 aromatic carbocycles. The predicted molar refractivity (Wildman–Crippen MR) is 160 cm³/mol. The van der Waals surface area contributed by atoms with Crippen molar-refractivity contribution in [1.82, 2.24) is 20.0 Å². The van der Waals surface area contributed by atoms with Gasteiger partial charge in [0.1, 0.15) is 18.5 Å². The molecule has 7 rings (SSSR count). The molecule has 11 heteroatoms. The number of carbonyl (C=O) groups is 2. The Morgan fingerprint density at radius 1 is 1.02 bits per heavy atom. The Balaban J connectivity index is 1.06. The lowest BCUT2D eigenvalue weighted by atomic mass is 9.86. The lowest BCUT2D eigenvalue weighted by Gasteiger charge is -2.43. The van der Waals surface area contributed by atoms with Crippen molar-refractivity contribution in [3.63, 3.8) is 0 Å². The zero-order valence-corrected chi connectivity index (χ0v) is 25.1. The normalized spacial score (nSPS) is 22.0. The molecule has 1 N–H and O–H groups in total. The first kappa shape index (κ1) is 30.1. The number of aryl methyl sites for hydroxylation is 1. The number of aromatic nitrogens is 2. The van der Waals surface area contributed by atoms with Crippen LogP contribution in [-0.2, 0) is 32.6 Å². The van der Waals surface area contributed by atoms with Crippen LogP contribution in [0.5, 0.6) is 5.75 Å². The van der Waals surface area contributed by atoms with Crippen molar-refractivity contribution in [2.24, 2.45) is 13.0 Å². The maximum atomic E-state index is 13.1. The van der Waals surface area contributed by atoms with Gasteiger partial charge in [0.25, 0.3) is 0 Å². The Kier molecular flexibility index (Phi) is 9.74. The van der Waals surface area contributed by atoms with Gasteiger partial charge in [0.05, 0.1) is 31.6 Å². The molecule has 0 aliphatic carbocycles. The van der Waals surface area contributed by atoms with E-state index in [1.807, 2.05) is 54.6 Å². The smallest absolute Gasteiger partial charge is 0.408 e. The van der Waals surface area contributed by atoms with Crippen LogP contribution in [0, 0.1) is 5.92 Å². The topological polar surface area (TPSA) is 113 Å². The third kappa shape index (κ3) is 7.58. The standard InChI is InChI=1S/C33H40N4O7/c1-36-26(20-28(35-36)32(38)42-16-6-11-30-40-17-18-41-30)22-43-27-10-5-9-25(19-27)31(24-7-3-2-4-8-24)34-33(39)44-29-21-37-14-12-23(29)13-15-37/h2-5,7-10,19-20,23,29-31H,6,11-18,21-22H2,1H3,(H,34,39)/t29-,31?/m0/s1. The van der Waals surface area contributed by atoms with E-state index in [0.29, 0.717) is 43.4 Å². The zero-order valence-electron chi connectivity index (χ0n) is 25.1. The van der Waals surface area contributed by atoms with Crippen LogP contribution in [0.3, 0.4) is 0 Å². The number of alkyl carbamates (subject to hydrolysis) is 1. The quantitative estimate of drug-likeness (QED) is 0.240. The molecule has 1 aromatic heterocycles. The number of ether oxygens (including phenoxy) is 5.